The van der Waals surface area contributed by atoms with E-state index in [-0.39, 0.29) is 5.92 Å². The van der Waals surface area contributed by atoms with E-state index in [1.165, 1.54) is 0 Å². The Hall–Kier alpha value is -0.370. The van der Waals surface area contributed by atoms with Gasteiger partial charge in [-0.25, -0.2) is 4.39 Å². The topological polar surface area (TPSA) is 9.23 Å². The van der Waals surface area contributed by atoms with Crippen LogP contribution in [0.5, 0.6) is 0 Å². The number of ether oxygens (including phenoxy) is 1. The third kappa shape index (κ3) is 2.57. The standard InChI is InChI=1S/C12H21FO/c1-9(2)5-11(8-14-4)12(13)6-10(3)7-12/h10-11H,1,5-8H2,2-4H3/t10?,11-,12?/m1/s1. The molecule has 0 bridgehead atoms. The number of alkyl halides is 1. The summed E-state index contributed by atoms with van der Waals surface area (Å²) in [7, 11) is 1.64. The minimum Gasteiger partial charge on any atom is -0.384 e. The molecule has 0 radical (unpaired) electrons. The number of allylic oxidation sites excluding steroid dienone is 1. The van der Waals surface area contributed by atoms with Crippen molar-refractivity contribution in [3.63, 3.8) is 0 Å². The van der Waals surface area contributed by atoms with E-state index in [0.717, 1.165) is 12.0 Å². The zero-order valence-electron chi connectivity index (χ0n) is 9.48. The maximum Gasteiger partial charge on any atom is 0.116 e. The van der Waals surface area contributed by atoms with E-state index in [9.17, 15) is 4.39 Å². The first-order valence-corrected chi connectivity index (χ1v) is 5.30. The lowest BCUT2D eigenvalue weighted by Crippen LogP contribution is -2.46. The van der Waals surface area contributed by atoms with Crippen LogP contribution in [0.2, 0.25) is 0 Å². The molecule has 0 aromatic carbocycles. The SMILES string of the molecule is C=C(C)C[C@H](COC)C1(F)CC(C)C1. The van der Waals surface area contributed by atoms with Crippen molar-refractivity contribution in [2.75, 3.05) is 13.7 Å². The first-order valence-electron chi connectivity index (χ1n) is 5.30. The van der Waals surface area contributed by atoms with Crippen LogP contribution in [0, 0.1) is 11.8 Å². The van der Waals surface area contributed by atoms with Crippen LogP contribution < -0.4 is 0 Å². The second-order valence-electron chi connectivity index (χ2n) is 4.86. The fraction of sp³-hybridized carbons (Fsp3) is 0.833. The molecule has 2 heteroatoms. The Bertz CT molecular complexity index is 206. The van der Waals surface area contributed by atoms with Crippen LogP contribution in [0.15, 0.2) is 12.2 Å². The van der Waals surface area contributed by atoms with Crippen LogP contribution in [0.1, 0.15) is 33.1 Å². The van der Waals surface area contributed by atoms with Crippen LogP contribution in [-0.2, 0) is 4.74 Å². The molecular weight excluding hydrogens is 179 g/mol. The fourth-order valence-corrected chi connectivity index (χ4v) is 2.45. The largest absolute Gasteiger partial charge is 0.384 e. The van der Waals surface area contributed by atoms with Gasteiger partial charge >= 0.3 is 0 Å². The van der Waals surface area contributed by atoms with E-state index in [1.54, 1.807) is 7.11 Å². The van der Waals surface area contributed by atoms with E-state index in [0.29, 0.717) is 25.4 Å². The molecule has 0 N–H and O–H groups in total. The number of hydrogen-bond donors (Lipinski definition) is 0. The lowest BCUT2D eigenvalue weighted by atomic mass is 9.65. The van der Waals surface area contributed by atoms with Gasteiger partial charge in [-0.1, -0.05) is 12.5 Å². The highest BCUT2D eigenvalue weighted by atomic mass is 19.1. The molecule has 0 amide bonds. The Labute approximate surface area is 86.3 Å². The Morgan fingerprint density at radius 2 is 2.21 bits per heavy atom. The van der Waals surface area contributed by atoms with Gasteiger partial charge in [0.25, 0.3) is 0 Å². The average Bonchev–Trinajstić information content (AvgIpc) is 2.00. The summed E-state index contributed by atoms with van der Waals surface area (Å²) in [5, 5.41) is 0. The summed E-state index contributed by atoms with van der Waals surface area (Å²) in [5.41, 5.74) is 0.0533. The molecule has 1 aliphatic carbocycles. The molecule has 1 rings (SSSR count). The minimum atomic E-state index is -0.992. The summed E-state index contributed by atoms with van der Waals surface area (Å²) < 4.78 is 19.3. The predicted octanol–water partition coefficient (Wildman–Crippen LogP) is 3.35. The Morgan fingerprint density at radius 1 is 1.64 bits per heavy atom. The van der Waals surface area contributed by atoms with Crippen LogP contribution in [0.4, 0.5) is 4.39 Å². The highest BCUT2D eigenvalue weighted by Gasteiger charge is 2.48. The summed E-state index contributed by atoms with van der Waals surface area (Å²) in [6.07, 6.45) is 2.12. The quantitative estimate of drug-likeness (QED) is 0.618. The Kier molecular flexibility index (Phi) is 3.71. The molecule has 1 nitrogen and oxygen atoms in total. The van der Waals surface area contributed by atoms with Crippen LogP contribution in [0.25, 0.3) is 0 Å². The minimum absolute atomic E-state index is 0.00111. The average molecular weight is 200 g/mol. The monoisotopic (exact) mass is 200 g/mol. The summed E-state index contributed by atoms with van der Waals surface area (Å²) in [4.78, 5) is 0. The molecule has 0 heterocycles. The lowest BCUT2D eigenvalue weighted by Gasteiger charge is -2.45. The molecule has 0 unspecified atom stereocenters. The maximum atomic E-state index is 14.2. The van der Waals surface area contributed by atoms with Crippen molar-refractivity contribution in [2.24, 2.45) is 11.8 Å². The van der Waals surface area contributed by atoms with Gasteiger partial charge in [0.05, 0.1) is 6.61 Å². The highest BCUT2D eigenvalue weighted by molar-refractivity contribution is 5.03. The molecule has 14 heavy (non-hydrogen) atoms. The van der Waals surface area contributed by atoms with E-state index in [2.05, 4.69) is 13.5 Å². The molecule has 0 spiro atoms. The van der Waals surface area contributed by atoms with E-state index in [4.69, 9.17) is 4.74 Å². The third-order valence-corrected chi connectivity index (χ3v) is 3.07. The van der Waals surface area contributed by atoms with Gasteiger partial charge in [-0.15, -0.1) is 6.58 Å². The van der Waals surface area contributed by atoms with Gasteiger partial charge in [-0.05, 0) is 32.1 Å². The van der Waals surface area contributed by atoms with Gasteiger partial charge in [-0.2, -0.15) is 0 Å². The van der Waals surface area contributed by atoms with Crippen molar-refractivity contribution < 1.29 is 9.13 Å². The fourth-order valence-electron chi connectivity index (χ4n) is 2.45. The van der Waals surface area contributed by atoms with Crippen molar-refractivity contribution in [1.82, 2.24) is 0 Å². The van der Waals surface area contributed by atoms with E-state index in [1.807, 2.05) is 6.92 Å². The van der Waals surface area contributed by atoms with Crippen molar-refractivity contribution >= 4 is 0 Å². The summed E-state index contributed by atoms with van der Waals surface area (Å²) in [6, 6.07) is 0. The first kappa shape index (κ1) is 11.7. The van der Waals surface area contributed by atoms with Gasteiger partial charge in [-0.3, -0.25) is 0 Å². The van der Waals surface area contributed by atoms with Gasteiger partial charge in [0.1, 0.15) is 5.67 Å². The van der Waals surface area contributed by atoms with Gasteiger partial charge in [0, 0.05) is 13.0 Å². The molecular formula is C12H21FO. The maximum absolute atomic E-state index is 14.2. The number of halogens is 1. The second-order valence-corrected chi connectivity index (χ2v) is 4.86. The Balaban J connectivity index is 2.53. The molecule has 0 aliphatic heterocycles. The van der Waals surface area contributed by atoms with Crippen LogP contribution in [0.3, 0.4) is 0 Å². The van der Waals surface area contributed by atoms with Crippen molar-refractivity contribution in [2.45, 2.75) is 38.8 Å². The number of hydrogen-bond acceptors (Lipinski definition) is 1. The molecule has 0 aromatic heterocycles. The molecule has 0 aromatic rings. The van der Waals surface area contributed by atoms with Gasteiger partial charge in [0.2, 0.25) is 0 Å². The van der Waals surface area contributed by atoms with Gasteiger partial charge in [0.15, 0.2) is 0 Å². The first-order chi connectivity index (χ1) is 6.48. The van der Waals surface area contributed by atoms with E-state index < -0.39 is 5.67 Å². The molecule has 1 fully saturated rings. The Morgan fingerprint density at radius 3 is 2.57 bits per heavy atom. The zero-order valence-corrected chi connectivity index (χ0v) is 9.48. The smallest absolute Gasteiger partial charge is 0.116 e. The lowest BCUT2D eigenvalue weighted by molar-refractivity contribution is -0.0635. The van der Waals surface area contributed by atoms with Crippen molar-refractivity contribution in [1.29, 1.82) is 0 Å². The van der Waals surface area contributed by atoms with E-state index >= 15 is 0 Å². The molecule has 1 aliphatic rings. The second kappa shape index (κ2) is 4.43. The number of rotatable bonds is 5. The summed E-state index contributed by atoms with van der Waals surface area (Å²) in [5.74, 6) is 0.533. The van der Waals surface area contributed by atoms with Crippen molar-refractivity contribution in [3.8, 4) is 0 Å². The molecule has 82 valence electrons. The summed E-state index contributed by atoms with van der Waals surface area (Å²) >= 11 is 0. The highest BCUT2D eigenvalue weighted by Crippen LogP contribution is 2.47. The van der Waals surface area contributed by atoms with Crippen molar-refractivity contribution in [3.05, 3.63) is 12.2 Å². The number of methoxy groups -OCH3 is 1. The van der Waals surface area contributed by atoms with Crippen LogP contribution in [-0.4, -0.2) is 19.4 Å². The normalized spacial score (nSPS) is 33.6. The third-order valence-electron chi connectivity index (χ3n) is 3.07. The summed E-state index contributed by atoms with van der Waals surface area (Å²) in [6.45, 7) is 8.41. The zero-order chi connectivity index (χ0) is 10.8. The molecule has 1 atom stereocenters. The van der Waals surface area contributed by atoms with Gasteiger partial charge < -0.3 is 4.74 Å². The molecule has 0 saturated heterocycles. The van der Waals surface area contributed by atoms with Crippen LogP contribution >= 0.6 is 0 Å². The predicted molar refractivity (Wildman–Crippen MR) is 57.0 cm³/mol. The molecule has 1 saturated carbocycles.